The maximum absolute atomic E-state index is 13.1. The van der Waals surface area contributed by atoms with Crippen LogP contribution in [-0.4, -0.2) is 61.6 Å². The number of hydrogen-bond acceptors (Lipinski definition) is 6. The fraction of sp³-hybridized carbons (Fsp3) is 0.500. The number of amides is 1. The minimum absolute atomic E-state index is 0.0901. The molecule has 2 aliphatic rings. The molecule has 3 heterocycles. The zero-order valence-corrected chi connectivity index (χ0v) is 17.6. The lowest BCUT2D eigenvalue weighted by atomic mass is 10.2. The van der Waals surface area contributed by atoms with E-state index in [0.717, 1.165) is 55.4 Å². The van der Waals surface area contributed by atoms with Crippen LogP contribution >= 0.6 is 0 Å². The number of para-hydroxylation sites is 1. The van der Waals surface area contributed by atoms with Crippen LogP contribution in [0.1, 0.15) is 36.0 Å². The van der Waals surface area contributed by atoms with E-state index in [-0.39, 0.29) is 11.9 Å². The number of rotatable bonds is 6. The quantitative estimate of drug-likeness (QED) is 0.808. The lowest BCUT2D eigenvalue weighted by molar-refractivity contribution is -0.119. The molecule has 1 saturated heterocycles. The second kappa shape index (κ2) is 8.47. The maximum Gasteiger partial charge on any atom is 0.241 e. The van der Waals surface area contributed by atoms with Crippen molar-refractivity contribution < 1.29 is 4.79 Å². The van der Waals surface area contributed by atoms with E-state index in [1.165, 1.54) is 5.56 Å². The van der Waals surface area contributed by atoms with Crippen LogP contribution in [0.3, 0.4) is 0 Å². The van der Waals surface area contributed by atoms with Gasteiger partial charge in [0.25, 0.3) is 0 Å². The molecular weight excluding hydrogens is 364 g/mol. The number of benzene rings is 1. The van der Waals surface area contributed by atoms with Crippen LogP contribution in [0.25, 0.3) is 0 Å². The van der Waals surface area contributed by atoms with Crippen LogP contribution in [0.4, 0.5) is 11.5 Å². The fourth-order valence-electron chi connectivity index (χ4n) is 4.32. The van der Waals surface area contributed by atoms with Crippen LogP contribution in [0, 0.1) is 0 Å². The molecular formula is C22H30N6O. The van der Waals surface area contributed by atoms with Crippen LogP contribution in [0.5, 0.6) is 0 Å². The number of fused-ring (bicyclic) bond motifs is 1. The number of aromatic nitrogens is 2. The predicted octanol–water partition coefficient (Wildman–Crippen LogP) is 1.99. The summed E-state index contributed by atoms with van der Waals surface area (Å²) in [6.45, 7) is 2.79. The van der Waals surface area contributed by atoms with E-state index >= 15 is 0 Å². The third kappa shape index (κ3) is 4.11. The fourth-order valence-corrected chi connectivity index (χ4v) is 4.32. The second-order valence-corrected chi connectivity index (χ2v) is 8.05. The molecule has 1 amide bonds. The van der Waals surface area contributed by atoms with Crippen molar-refractivity contribution in [3.63, 3.8) is 0 Å². The zero-order chi connectivity index (χ0) is 20.4. The maximum atomic E-state index is 13.1. The summed E-state index contributed by atoms with van der Waals surface area (Å²) in [6, 6.07) is 10.3. The van der Waals surface area contributed by atoms with Crippen molar-refractivity contribution in [2.45, 2.75) is 31.8 Å². The first-order chi connectivity index (χ1) is 14.1. The molecule has 2 aromatic rings. The Kier molecular flexibility index (Phi) is 5.78. The first kappa shape index (κ1) is 19.8. The normalized spacial score (nSPS) is 18.9. The standard InChI is InChI=1S/C22H30N6O/c1-23-14-17-13-20(26(2)3)25-22(24-17)19-9-6-11-27(19)15-21(29)28-12-10-16-7-4-5-8-18(16)28/h4-5,7-8,13,19,23H,6,9-12,14-15H2,1-3H3/t19-/m0/s1. The van der Waals surface area contributed by atoms with E-state index in [2.05, 4.69) is 22.3 Å². The smallest absolute Gasteiger partial charge is 0.241 e. The third-order valence-electron chi connectivity index (χ3n) is 5.79. The minimum Gasteiger partial charge on any atom is -0.363 e. The van der Waals surface area contributed by atoms with Crippen molar-refractivity contribution in [3.05, 3.63) is 47.4 Å². The first-order valence-corrected chi connectivity index (χ1v) is 10.4. The molecule has 4 rings (SSSR count). The summed E-state index contributed by atoms with van der Waals surface area (Å²) in [5.41, 5.74) is 3.31. The number of anilines is 2. The molecule has 1 aromatic heterocycles. The summed E-state index contributed by atoms with van der Waals surface area (Å²) in [6.07, 6.45) is 2.98. The van der Waals surface area contributed by atoms with Gasteiger partial charge in [0, 0.05) is 38.9 Å². The van der Waals surface area contributed by atoms with E-state index in [9.17, 15) is 4.79 Å². The Morgan fingerprint density at radius 3 is 2.86 bits per heavy atom. The molecule has 0 bridgehead atoms. The second-order valence-electron chi connectivity index (χ2n) is 8.05. The zero-order valence-electron chi connectivity index (χ0n) is 17.6. The SMILES string of the molecule is CNCc1cc(N(C)C)nc([C@@H]2CCCN2CC(=O)N2CCc3ccccc32)n1. The highest BCUT2D eigenvalue weighted by Gasteiger charge is 2.33. The van der Waals surface area contributed by atoms with Gasteiger partial charge in [0.1, 0.15) is 11.6 Å². The molecule has 0 unspecified atom stereocenters. The topological polar surface area (TPSA) is 64.6 Å². The van der Waals surface area contributed by atoms with E-state index < -0.39 is 0 Å². The molecule has 7 nitrogen and oxygen atoms in total. The highest BCUT2D eigenvalue weighted by molar-refractivity contribution is 5.96. The Bertz CT molecular complexity index is 883. The van der Waals surface area contributed by atoms with Gasteiger partial charge in [-0.2, -0.15) is 0 Å². The Hall–Kier alpha value is -2.51. The van der Waals surface area contributed by atoms with Gasteiger partial charge in [-0.15, -0.1) is 0 Å². The van der Waals surface area contributed by atoms with E-state index in [4.69, 9.17) is 9.97 Å². The van der Waals surface area contributed by atoms with E-state index in [1.54, 1.807) is 0 Å². The van der Waals surface area contributed by atoms with Gasteiger partial charge < -0.3 is 15.1 Å². The van der Waals surface area contributed by atoms with Crippen LogP contribution in [-0.2, 0) is 17.8 Å². The Morgan fingerprint density at radius 2 is 2.07 bits per heavy atom. The highest BCUT2D eigenvalue weighted by atomic mass is 16.2. The van der Waals surface area contributed by atoms with Crippen molar-refractivity contribution >= 4 is 17.4 Å². The first-order valence-electron chi connectivity index (χ1n) is 10.4. The molecule has 1 atom stereocenters. The highest BCUT2D eigenvalue weighted by Crippen LogP contribution is 2.32. The van der Waals surface area contributed by atoms with E-state index in [0.29, 0.717) is 13.1 Å². The van der Waals surface area contributed by atoms with Crippen molar-refractivity contribution in [3.8, 4) is 0 Å². The Balaban J connectivity index is 1.53. The van der Waals surface area contributed by atoms with Gasteiger partial charge >= 0.3 is 0 Å². The summed E-state index contributed by atoms with van der Waals surface area (Å²) >= 11 is 0. The number of hydrogen-bond donors (Lipinski definition) is 1. The van der Waals surface area contributed by atoms with Gasteiger partial charge in [-0.25, -0.2) is 9.97 Å². The van der Waals surface area contributed by atoms with Crippen LogP contribution in [0.2, 0.25) is 0 Å². The Labute approximate surface area is 172 Å². The average Bonchev–Trinajstić information content (AvgIpc) is 3.34. The summed E-state index contributed by atoms with van der Waals surface area (Å²) in [5, 5.41) is 3.17. The number of nitrogens with one attached hydrogen (secondary N) is 1. The minimum atomic E-state index is 0.0901. The molecule has 154 valence electrons. The lowest BCUT2D eigenvalue weighted by Crippen LogP contribution is -2.39. The molecule has 0 radical (unpaired) electrons. The summed E-state index contributed by atoms with van der Waals surface area (Å²) < 4.78 is 0. The largest absolute Gasteiger partial charge is 0.363 e. The molecule has 1 aromatic carbocycles. The molecule has 29 heavy (non-hydrogen) atoms. The molecule has 7 heteroatoms. The number of nitrogens with zero attached hydrogens (tertiary/aromatic N) is 5. The molecule has 0 spiro atoms. The third-order valence-corrected chi connectivity index (χ3v) is 5.79. The predicted molar refractivity (Wildman–Crippen MR) is 115 cm³/mol. The van der Waals surface area contributed by atoms with Crippen molar-refractivity contribution in [1.82, 2.24) is 20.2 Å². The van der Waals surface area contributed by atoms with Gasteiger partial charge in [-0.3, -0.25) is 9.69 Å². The summed E-state index contributed by atoms with van der Waals surface area (Å²) in [5.74, 6) is 1.90. The summed E-state index contributed by atoms with van der Waals surface area (Å²) in [7, 11) is 5.91. The molecule has 2 aliphatic heterocycles. The Morgan fingerprint density at radius 1 is 1.24 bits per heavy atom. The van der Waals surface area contributed by atoms with Crippen LogP contribution < -0.4 is 15.1 Å². The number of carbonyl (C=O) groups is 1. The lowest BCUT2D eigenvalue weighted by Gasteiger charge is -2.26. The van der Waals surface area contributed by atoms with Crippen molar-refractivity contribution in [2.24, 2.45) is 0 Å². The van der Waals surface area contributed by atoms with E-state index in [1.807, 2.05) is 49.1 Å². The van der Waals surface area contributed by atoms with Crippen molar-refractivity contribution in [1.29, 1.82) is 0 Å². The van der Waals surface area contributed by atoms with Gasteiger partial charge in [0.2, 0.25) is 5.91 Å². The molecule has 0 aliphatic carbocycles. The van der Waals surface area contributed by atoms with Gasteiger partial charge in [0.15, 0.2) is 0 Å². The van der Waals surface area contributed by atoms with Crippen LogP contribution in [0.15, 0.2) is 30.3 Å². The molecule has 0 saturated carbocycles. The summed E-state index contributed by atoms with van der Waals surface area (Å²) in [4.78, 5) is 28.9. The number of likely N-dealkylation sites (tertiary alicyclic amines) is 1. The average molecular weight is 395 g/mol. The number of carbonyl (C=O) groups excluding carboxylic acids is 1. The van der Waals surface area contributed by atoms with Gasteiger partial charge in [-0.05, 0) is 44.5 Å². The molecule has 1 fully saturated rings. The van der Waals surface area contributed by atoms with Crippen molar-refractivity contribution in [2.75, 3.05) is 50.6 Å². The van der Waals surface area contributed by atoms with Gasteiger partial charge in [0.05, 0.1) is 18.3 Å². The molecule has 1 N–H and O–H groups in total. The van der Waals surface area contributed by atoms with Gasteiger partial charge in [-0.1, -0.05) is 18.2 Å². The monoisotopic (exact) mass is 394 g/mol.